The molecular weight excluding hydrogens is 240 g/mol. The van der Waals surface area contributed by atoms with Crippen LogP contribution in [0.4, 0.5) is 5.69 Å². The first-order valence-electron chi connectivity index (χ1n) is 6.95. The van der Waals surface area contributed by atoms with E-state index in [1.807, 2.05) is 12.1 Å². The van der Waals surface area contributed by atoms with Crippen LogP contribution in [0.25, 0.3) is 0 Å². The van der Waals surface area contributed by atoms with E-state index in [9.17, 15) is 0 Å². The van der Waals surface area contributed by atoms with Crippen LogP contribution in [0.5, 0.6) is 0 Å². The van der Waals surface area contributed by atoms with Crippen molar-refractivity contribution in [3.8, 4) is 0 Å². The van der Waals surface area contributed by atoms with Crippen LogP contribution in [-0.2, 0) is 5.41 Å². The normalized spacial score (nSPS) is 23.6. The molecule has 2 fully saturated rings. The summed E-state index contributed by atoms with van der Waals surface area (Å²) < 4.78 is 0. The molecule has 2 nitrogen and oxygen atoms in total. The van der Waals surface area contributed by atoms with Crippen molar-refractivity contribution in [2.45, 2.75) is 24.7 Å². The van der Waals surface area contributed by atoms with Gasteiger partial charge in [-0.1, -0.05) is 12.1 Å². The lowest BCUT2D eigenvalue weighted by Gasteiger charge is -2.26. The Balaban J connectivity index is 1.69. The first-order chi connectivity index (χ1) is 8.78. The van der Waals surface area contributed by atoms with Crippen molar-refractivity contribution in [2.24, 2.45) is 0 Å². The minimum Gasteiger partial charge on any atom is -0.399 e. The van der Waals surface area contributed by atoms with Gasteiger partial charge in [0.25, 0.3) is 0 Å². The second-order valence-electron chi connectivity index (χ2n) is 5.64. The van der Waals surface area contributed by atoms with E-state index in [0.717, 1.165) is 5.69 Å². The molecule has 1 saturated carbocycles. The molecule has 1 aromatic carbocycles. The molecule has 3 rings (SSSR count). The van der Waals surface area contributed by atoms with E-state index in [2.05, 4.69) is 28.8 Å². The lowest BCUT2D eigenvalue weighted by atomic mass is 9.95. The maximum Gasteiger partial charge on any atom is 0.0314 e. The average Bonchev–Trinajstić information content (AvgIpc) is 3.17. The van der Waals surface area contributed by atoms with Crippen molar-refractivity contribution >= 4 is 17.4 Å². The predicted octanol–water partition coefficient (Wildman–Crippen LogP) is 2.74. The Bertz CT molecular complexity index is 389. The molecule has 0 atom stereocenters. The summed E-state index contributed by atoms with van der Waals surface area (Å²) in [5.41, 5.74) is 8.60. The molecule has 1 aliphatic carbocycles. The zero-order valence-electron chi connectivity index (χ0n) is 10.9. The van der Waals surface area contributed by atoms with Gasteiger partial charge in [0.2, 0.25) is 0 Å². The number of anilines is 1. The Kier molecular flexibility index (Phi) is 3.53. The van der Waals surface area contributed by atoms with Crippen LogP contribution >= 0.6 is 11.8 Å². The summed E-state index contributed by atoms with van der Waals surface area (Å²) in [4.78, 5) is 2.67. The number of hydrogen-bond acceptors (Lipinski definition) is 3. The van der Waals surface area contributed by atoms with E-state index >= 15 is 0 Å². The molecule has 0 spiro atoms. The average molecular weight is 262 g/mol. The highest BCUT2D eigenvalue weighted by Gasteiger charge is 2.45. The fourth-order valence-corrected chi connectivity index (χ4v) is 3.83. The highest BCUT2D eigenvalue weighted by molar-refractivity contribution is 7.99. The fraction of sp³-hybridized carbons (Fsp3) is 0.600. The monoisotopic (exact) mass is 262 g/mol. The SMILES string of the molecule is Nc1ccc(C2(CN3CCCSCC3)CC2)cc1. The first kappa shape index (κ1) is 12.4. The lowest BCUT2D eigenvalue weighted by molar-refractivity contribution is 0.268. The topological polar surface area (TPSA) is 29.3 Å². The summed E-state index contributed by atoms with van der Waals surface area (Å²) in [7, 11) is 0. The molecule has 98 valence electrons. The Morgan fingerprint density at radius 2 is 1.89 bits per heavy atom. The van der Waals surface area contributed by atoms with Crippen molar-refractivity contribution < 1.29 is 0 Å². The number of nitrogens with two attached hydrogens (primary N) is 1. The summed E-state index contributed by atoms with van der Waals surface area (Å²) >= 11 is 2.11. The summed E-state index contributed by atoms with van der Waals surface area (Å²) in [5, 5.41) is 0. The highest BCUT2D eigenvalue weighted by atomic mass is 32.2. The quantitative estimate of drug-likeness (QED) is 0.849. The minimum atomic E-state index is 0.447. The molecule has 1 aliphatic heterocycles. The lowest BCUT2D eigenvalue weighted by Crippen LogP contribution is -2.34. The van der Waals surface area contributed by atoms with Gasteiger partial charge < -0.3 is 10.6 Å². The molecule has 2 aliphatic rings. The van der Waals surface area contributed by atoms with Gasteiger partial charge >= 0.3 is 0 Å². The Hall–Kier alpha value is -0.670. The van der Waals surface area contributed by atoms with Crippen molar-refractivity contribution in [1.82, 2.24) is 4.90 Å². The van der Waals surface area contributed by atoms with Gasteiger partial charge in [-0.25, -0.2) is 0 Å². The van der Waals surface area contributed by atoms with Crippen molar-refractivity contribution in [3.05, 3.63) is 29.8 Å². The summed E-state index contributed by atoms with van der Waals surface area (Å²) in [6, 6.07) is 8.56. The van der Waals surface area contributed by atoms with Crippen LogP contribution in [0.2, 0.25) is 0 Å². The van der Waals surface area contributed by atoms with Crippen molar-refractivity contribution in [1.29, 1.82) is 0 Å². The molecule has 0 aromatic heterocycles. The number of nitrogen functional groups attached to an aromatic ring is 1. The van der Waals surface area contributed by atoms with Crippen LogP contribution < -0.4 is 5.73 Å². The van der Waals surface area contributed by atoms with Gasteiger partial charge in [-0.05, 0) is 49.3 Å². The van der Waals surface area contributed by atoms with Gasteiger partial charge in [-0.3, -0.25) is 0 Å². The zero-order chi connectivity index (χ0) is 12.4. The molecule has 1 aromatic rings. The number of thioether (sulfide) groups is 1. The maximum atomic E-state index is 5.78. The standard InChI is InChI=1S/C15H22N2S/c16-14-4-2-13(3-5-14)15(6-7-15)12-17-8-1-10-18-11-9-17/h2-5H,1,6-12,16H2. The molecule has 3 heteroatoms. The summed E-state index contributed by atoms with van der Waals surface area (Å²) in [6.45, 7) is 3.79. The number of nitrogens with zero attached hydrogens (tertiary/aromatic N) is 1. The minimum absolute atomic E-state index is 0.447. The van der Waals surface area contributed by atoms with Crippen molar-refractivity contribution in [2.75, 3.05) is 36.9 Å². The largest absolute Gasteiger partial charge is 0.399 e. The molecule has 1 heterocycles. The number of benzene rings is 1. The van der Waals surface area contributed by atoms with E-state index < -0.39 is 0 Å². The molecule has 1 saturated heterocycles. The Morgan fingerprint density at radius 1 is 1.11 bits per heavy atom. The molecule has 0 radical (unpaired) electrons. The van der Waals surface area contributed by atoms with E-state index in [1.54, 1.807) is 0 Å². The van der Waals surface area contributed by atoms with Crippen molar-refractivity contribution in [3.63, 3.8) is 0 Å². The third kappa shape index (κ3) is 2.67. The fourth-order valence-electron chi connectivity index (χ4n) is 2.91. The van der Waals surface area contributed by atoms with Gasteiger partial charge in [-0.2, -0.15) is 11.8 Å². The molecule has 2 N–H and O–H groups in total. The second-order valence-corrected chi connectivity index (χ2v) is 6.87. The van der Waals surface area contributed by atoms with E-state index in [0.29, 0.717) is 5.41 Å². The Labute approximate surface area is 114 Å². The number of rotatable bonds is 3. The van der Waals surface area contributed by atoms with Crippen LogP contribution in [-0.4, -0.2) is 36.0 Å². The molecule has 18 heavy (non-hydrogen) atoms. The first-order valence-corrected chi connectivity index (χ1v) is 8.10. The zero-order valence-corrected chi connectivity index (χ0v) is 11.7. The summed E-state index contributed by atoms with van der Waals surface area (Å²) in [6.07, 6.45) is 4.05. The van der Waals surface area contributed by atoms with Gasteiger partial charge in [0, 0.05) is 29.9 Å². The van der Waals surface area contributed by atoms with E-state index in [1.165, 1.54) is 56.0 Å². The smallest absolute Gasteiger partial charge is 0.0314 e. The highest BCUT2D eigenvalue weighted by Crippen LogP contribution is 2.49. The van der Waals surface area contributed by atoms with Gasteiger partial charge in [-0.15, -0.1) is 0 Å². The van der Waals surface area contributed by atoms with Crippen LogP contribution in [0.1, 0.15) is 24.8 Å². The maximum absolute atomic E-state index is 5.78. The van der Waals surface area contributed by atoms with E-state index in [-0.39, 0.29) is 0 Å². The second kappa shape index (κ2) is 5.14. The summed E-state index contributed by atoms with van der Waals surface area (Å²) in [5.74, 6) is 2.64. The Morgan fingerprint density at radius 3 is 2.61 bits per heavy atom. The molecule has 0 unspecified atom stereocenters. The molecule has 0 bridgehead atoms. The van der Waals surface area contributed by atoms with E-state index in [4.69, 9.17) is 5.73 Å². The predicted molar refractivity (Wildman–Crippen MR) is 80.1 cm³/mol. The van der Waals surface area contributed by atoms with Crippen LogP contribution in [0, 0.1) is 0 Å². The third-order valence-electron chi connectivity index (χ3n) is 4.22. The van der Waals surface area contributed by atoms with Gasteiger partial charge in [0.05, 0.1) is 0 Å². The third-order valence-corrected chi connectivity index (χ3v) is 5.27. The van der Waals surface area contributed by atoms with Crippen LogP contribution in [0.3, 0.4) is 0 Å². The van der Waals surface area contributed by atoms with Gasteiger partial charge in [0.1, 0.15) is 0 Å². The van der Waals surface area contributed by atoms with Gasteiger partial charge in [0.15, 0.2) is 0 Å². The van der Waals surface area contributed by atoms with Crippen LogP contribution in [0.15, 0.2) is 24.3 Å². The molecule has 0 amide bonds. The number of hydrogen-bond donors (Lipinski definition) is 1. The molecular formula is C15H22N2S.